The second-order valence-electron chi connectivity index (χ2n) is 4.76. The summed E-state index contributed by atoms with van der Waals surface area (Å²) in [5, 5.41) is 22.6. The molecule has 1 aliphatic rings. The van der Waals surface area contributed by atoms with Crippen molar-refractivity contribution in [1.29, 1.82) is 0 Å². The molecule has 1 aliphatic carbocycles. The summed E-state index contributed by atoms with van der Waals surface area (Å²) in [7, 11) is 0. The molecule has 5 heteroatoms. The third-order valence-corrected chi connectivity index (χ3v) is 4.58. The highest BCUT2D eigenvalue weighted by Gasteiger charge is 2.26. The van der Waals surface area contributed by atoms with E-state index in [4.69, 9.17) is 0 Å². The molecule has 0 saturated heterocycles. The molecule has 1 fully saturated rings. The maximum absolute atomic E-state index is 12.0. The van der Waals surface area contributed by atoms with Crippen LogP contribution < -0.4 is 5.32 Å². The Morgan fingerprint density at radius 3 is 2.95 bits per heavy atom. The number of benzene rings is 1. The number of nitrogens with one attached hydrogen (secondary N) is 1. The molecule has 0 radical (unpaired) electrons. The molecule has 2 rings (SSSR count). The quantitative estimate of drug-likeness (QED) is 0.742. The lowest BCUT2D eigenvalue weighted by molar-refractivity contribution is 0.0935. The van der Waals surface area contributed by atoms with Crippen LogP contribution in [0.4, 0.5) is 0 Å². The summed E-state index contributed by atoms with van der Waals surface area (Å²) in [5.74, 6) is 0.653. The topological polar surface area (TPSA) is 69.6 Å². The van der Waals surface area contributed by atoms with Crippen LogP contribution in [0.15, 0.2) is 18.2 Å². The van der Waals surface area contributed by atoms with Crippen LogP contribution in [0.2, 0.25) is 0 Å². The first-order chi connectivity index (χ1) is 9.10. The maximum atomic E-state index is 12.0. The molecule has 2 atom stereocenters. The fourth-order valence-electron chi connectivity index (χ4n) is 2.43. The Hall–Kier alpha value is -1.36. The van der Waals surface area contributed by atoms with E-state index in [1.165, 1.54) is 18.2 Å². The molecule has 1 aromatic rings. The average Bonchev–Trinajstić information content (AvgIpc) is 2.80. The Kier molecular flexibility index (Phi) is 4.58. The number of phenolic OH excluding ortho intramolecular Hbond substituents is 2. The van der Waals surface area contributed by atoms with E-state index in [1.807, 2.05) is 11.8 Å². The van der Waals surface area contributed by atoms with Gasteiger partial charge in [0.15, 0.2) is 0 Å². The largest absolute Gasteiger partial charge is 0.508 e. The molecule has 104 valence electrons. The molecule has 2 unspecified atom stereocenters. The smallest absolute Gasteiger partial charge is 0.255 e. The van der Waals surface area contributed by atoms with Crippen LogP contribution in [0.5, 0.6) is 11.5 Å². The standard InChI is InChI=1S/C14H19NO3S/c1-2-19-11-5-3-9(7-11)15-14(18)12-8-10(16)4-6-13(12)17/h4,6,8-9,11,16-17H,2-3,5,7H2,1H3,(H,15,18). The van der Waals surface area contributed by atoms with Crippen LogP contribution >= 0.6 is 11.8 Å². The Morgan fingerprint density at radius 1 is 1.42 bits per heavy atom. The van der Waals surface area contributed by atoms with Crippen molar-refractivity contribution in [3.05, 3.63) is 23.8 Å². The lowest BCUT2D eigenvalue weighted by Crippen LogP contribution is -2.33. The van der Waals surface area contributed by atoms with Crippen LogP contribution in [0.1, 0.15) is 36.5 Å². The predicted molar refractivity (Wildman–Crippen MR) is 76.8 cm³/mol. The molecule has 19 heavy (non-hydrogen) atoms. The van der Waals surface area contributed by atoms with E-state index < -0.39 is 0 Å². The minimum Gasteiger partial charge on any atom is -0.508 e. The number of carbonyl (C=O) groups excluding carboxylic acids is 1. The molecule has 1 amide bonds. The van der Waals surface area contributed by atoms with Crippen LogP contribution in [0, 0.1) is 0 Å². The van der Waals surface area contributed by atoms with E-state index in [0.29, 0.717) is 5.25 Å². The number of thioether (sulfide) groups is 1. The molecule has 4 nitrogen and oxygen atoms in total. The first kappa shape index (κ1) is 14.1. The molecule has 1 saturated carbocycles. The van der Waals surface area contributed by atoms with Crippen molar-refractivity contribution in [2.75, 3.05) is 5.75 Å². The zero-order valence-corrected chi connectivity index (χ0v) is 11.7. The fraction of sp³-hybridized carbons (Fsp3) is 0.500. The number of aromatic hydroxyl groups is 2. The summed E-state index contributed by atoms with van der Waals surface area (Å²) in [6.07, 6.45) is 3.07. The predicted octanol–water partition coefficient (Wildman–Crippen LogP) is 2.50. The third kappa shape index (κ3) is 3.56. The number of rotatable bonds is 4. The summed E-state index contributed by atoms with van der Waals surface area (Å²) >= 11 is 1.93. The van der Waals surface area contributed by atoms with Crippen molar-refractivity contribution in [1.82, 2.24) is 5.32 Å². The van der Waals surface area contributed by atoms with Crippen molar-refractivity contribution in [3.63, 3.8) is 0 Å². The fourth-order valence-corrected chi connectivity index (χ4v) is 3.57. The van der Waals surface area contributed by atoms with Gasteiger partial charge in [0, 0.05) is 11.3 Å². The van der Waals surface area contributed by atoms with Crippen molar-refractivity contribution in [2.45, 2.75) is 37.5 Å². The normalized spacial score (nSPS) is 22.4. The number of amides is 1. The first-order valence-electron chi connectivity index (χ1n) is 6.54. The minimum absolute atomic E-state index is 0.0196. The highest BCUT2D eigenvalue weighted by atomic mass is 32.2. The number of phenols is 2. The highest BCUT2D eigenvalue weighted by molar-refractivity contribution is 7.99. The van der Waals surface area contributed by atoms with Crippen molar-refractivity contribution < 1.29 is 15.0 Å². The van der Waals surface area contributed by atoms with E-state index >= 15 is 0 Å². The molecule has 3 N–H and O–H groups in total. The van der Waals surface area contributed by atoms with Gasteiger partial charge in [0.05, 0.1) is 5.56 Å². The Bertz CT molecular complexity index is 464. The van der Waals surface area contributed by atoms with E-state index in [-0.39, 0.29) is 29.0 Å². The van der Waals surface area contributed by atoms with Crippen LogP contribution in [0.3, 0.4) is 0 Å². The zero-order valence-electron chi connectivity index (χ0n) is 10.9. The van der Waals surface area contributed by atoms with Gasteiger partial charge < -0.3 is 15.5 Å². The molecular formula is C14H19NO3S. The molecule has 0 aromatic heterocycles. The summed E-state index contributed by atoms with van der Waals surface area (Å²) in [6, 6.07) is 4.14. The second kappa shape index (κ2) is 6.19. The van der Waals surface area contributed by atoms with E-state index in [9.17, 15) is 15.0 Å². The summed E-state index contributed by atoms with van der Waals surface area (Å²) in [5.41, 5.74) is 0.131. The molecule has 0 spiro atoms. The number of carbonyl (C=O) groups is 1. The van der Waals surface area contributed by atoms with Gasteiger partial charge in [-0.15, -0.1) is 0 Å². The van der Waals surface area contributed by atoms with E-state index in [1.54, 1.807) is 0 Å². The molecule has 0 heterocycles. The minimum atomic E-state index is -0.319. The molecule has 1 aromatic carbocycles. The average molecular weight is 281 g/mol. The van der Waals surface area contributed by atoms with Gasteiger partial charge in [-0.25, -0.2) is 0 Å². The Morgan fingerprint density at radius 2 is 2.21 bits per heavy atom. The Labute approximate surface area is 117 Å². The monoisotopic (exact) mass is 281 g/mol. The SMILES string of the molecule is CCSC1CCC(NC(=O)c2cc(O)ccc2O)C1. The van der Waals surface area contributed by atoms with E-state index in [2.05, 4.69) is 12.2 Å². The summed E-state index contributed by atoms with van der Waals surface area (Å²) in [6.45, 7) is 2.14. The van der Waals surface area contributed by atoms with Crippen molar-refractivity contribution in [2.24, 2.45) is 0 Å². The molecule has 0 aliphatic heterocycles. The summed E-state index contributed by atoms with van der Waals surface area (Å²) in [4.78, 5) is 12.0. The lowest BCUT2D eigenvalue weighted by atomic mass is 10.1. The first-order valence-corrected chi connectivity index (χ1v) is 7.59. The maximum Gasteiger partial charge on any atom is 0.255 e. The van der Waals surface area contributed by atoms with Gasteiger partial charge in [0.25, 0.3) is 5.91 Å². The number of hydrogen-bond donors (Lipinski definition) is 3. The lowest BCUT2D eigenvalue weighted by Gasteiger charge is -2.14. The Balaban J connectivity index is 1.96. The van der Waals surface area contributed by atoms with Crippen LogP contribution in [0.25, 0.3) is 0 Å². The van der Waals surface area contributed by atoms with Crippen LogP contribution in [-0.4, -0.2) is 33.2 Å². The van der Waals surface area contributed by atoms with Crippen LogP contribution in [-0.2, 0) is 0 Å². The van der Waals surface area contributed by atoms with Crippen molar-refractivity contribution in [3.8, 4) is 11.5 Å². The molecular weight excluding hydrogens is 262 g/mol. The van der Waals surface area contributed by atoms with Gasteiger partial charge >= 0.3 is 0 Å². The van der Waals surface area contributed by atoms with Gasteiger partial charge in [-0.3, -0.25) is 4.79 Å². The van der Waals surface area contributed by atoms with Gasteiger partial charge in [-0.2, -0.15) is 11.8 Å². The van der Waals surface area contributed by atoms with Crippen molar-refractivity contribution >= 4 is 17.7 Å². The highest BCUT2D eigenvalue weighted by Crippen LogP contribution is 2.30. The van der Waals surface area contributed by atoms with Gasteiger partial charge in [0.2, 0.25) is 0 Å². The van der Waals surface area contributed by atoms with Gasteiger partial charge in [-0.1, -0.05) is 6.92 Å². The third-order valence-electron chi connectivity index (χ3n) is 3.35. The van der Waals surface area contributed by atoms with Gasteiger partial charge in [0.1, 0.15) is 11.5 Å². The second-order valence-corrected chi connectivity index (χ2v) is 6.34. The zero-order chi connectivity index (χ0) is 13.8. The summed E-state index contributed by atoms with van der Waals surface area (Å²) < 4.78 is 0. The molecule has 0 bridgehead atoms. The van der Waals surface area contributed by atoms with Gasteiger partial charge in [-0.05, 0) is 43.2 Å². The van der Waals surface area contributed by atoms with E-state index in [0.717, 1.165) is 25.0 Å². The number of hydrogen-bond acceptors (Lipinski definition) is 4.